The number of rotatable bonds is 7. The molecule has 3 unspecified atom stereocenters. The summed E-state index contributed by atoms with van der Waals surface area (Å²) >= 11 is 0. The van der Waals surface area contributed by atoms with Crippen molar-refractivity contribution in [2.45, 2.75) is 76.5 Å². The van der Waals surface area contributed by atoms with Crippen molar-refractivity contribution in [2.24, 2.45) is 10.8 Å². The van der Waals surface area contributed by atoms with E-state index in [0.29, 0.717) is 71.2 Å². The summed E-state index contributed by atoms with van der Waals surface area (Å²) in [5, 5.41) is 22.7. The van der Waals surface area contributed by atoms with Crippen LogP contribution in [0.1, 0.15) is 57.4 Å². The molecule has 0 bridgehead atoms. The number of nitrogens with zero attached hydrogens (tertiary/aromatic N) is 5. The molecule has 2 N–H and O–H groups in total. The monoisotopic (exact) mass is 701 g/mol. The molecule has 3 aliphatic heterocycles. The van der Waals surface area contributed by atoms with Crippen molar-refractivity contribution in [2.75, 3.05) is 57.6 Å². The van der Waals surface area contributed by atoms with Crippen LogP contribution >= 0.6 is 0 Å². The third-order valence-corrected chi connectivity index (χ3v) is 12.4. The minimum absolute atomic E-state index is 0.0128. The molecule has 12 heteroatoms. The van der Waals surface area contributed by atoms with Crippen molar-refractivity contribution >= 4 is 27.5 Å². The zero-order chi connectivity index (χ0) is 34.9. The molecule has 5 heterocycles. The molecule has 0 amide bonds. The number of benzene rings is 2. The first kappa shape index (κ1) is 33.1. The van der Waals surface area contributed by atoms with Gasteiger partial charge in [-0.15, -0.1) is 0 Å². The lowest BCUT2D eigenvalue weighted by Gasteiger charge is -2.60. The summed E-state index contributed by atoms with van der Waals surface area (Å²) in [6.45, 7) is 6.39. The highest BCUT2D eigenvalue weighted by molar-refractivity contribution is 6.01. The Morgan fingerprint density at radius 1 is 1.06 bits per heavy atom. The van der Waals surface area contributed by atoms with Crippen LogP contribution in [0.3, 0.4) is 0 Å². The molecule has 9 rings (SSSR count). The minimum Gasteiger partial charge on any atom is -0.508 e. The first-order valence-electron chi connectivity index (χ1n) is 18.5. The molecule has 0 radical (unpaired) electrons. The number of piperidine rings is 1. The molecule has 1 spiro atoms. The molecule has 4 aromatic rings. The van der Waals surface area contributed by atoms with Crippen LogP contribution in [-0.2, 0) is 15.9 Å². The zero-order valence-corrected chi connectivity index (χ0v) is 29.0. The fourth-order valence-corrected chi connectivity index (χ4v) is 9.92. The van der Waals surface area contributed by atoms with E-state index < -0.39 is 17.7 Å². The summed E-state index contributed by atoms with van der Waals surface area (Å²) in [6, 6.07) is 7.00. The number of hydrogen-bond donors (Lipinski definition) is 2. The van der Waals surface area contributed by atoms with Gasteiger partial charge in [-0.25, -0.2) is 8.78 Å². The Hall–Kier alpha value is -3.71. The van der Waals surface area contributed by atoms with Gasteiger partial charge in [-0.1, -0.05) is 19.4 Å². The van der Waals surface area contributed by atoms with Crippen LogP contribution in [-0.4, -0.2) is 101 Å². The fraction of sp³-hybridized carbons (Fsp3) is 0.564. The minimum atomic E-state index is -0.761. The van der Waals surface area contributed by atoms with Crippen molar-refractivity contribution in [3.63, 3.8) is 0 Å². The van der Waals surface area contributed by atoms with Crippen LogP contribution in [0.2, 0.25) is 0 Å². The van der Waals surface area contributed by atoms with Gasteiger partial charge in [-0.05, 0) is 86.0 Å². The molecule has 2 saturated carbocycles. The number of aryl methyl sites for hydroxylation is 1. The van der Waals surface area contributed by atoms with Gasteiger partial charge in [0.05, 0.1) is 44.5 Å². The van der Waals surface area contributed by atoms with Gasteiger partial charge in [0, 0.05) is 47.8 Å². The number of aliphatic hydroxyl groups excluding tert-OH is 1. The Balaban J connectivity index is 1.11. The van der Waals surface area contributed by atoms with Crippen molar-refractivity contribution in [1.29, 1.82) is 0 Å². The van der Waals surface area contributed by atoms with Crippen LogP contribution < -0.4 is 9.64 Å². The highest BCUT2D eigenvalue weighted by Gasteiger charge is 2.56. The van der Waals surface area contributed by atoms with E-state index >= 15 is 8.78 Å². The molecular weight excluding hydrogens is 656 g/mol. The summed E-state index contributed by atoms with van der Waals surface area (Å²) in [6.07, 6.45) is 9.07. The Bertz CT molecular complexity index is 1990. The number of halogens is 2. The van der Waals surface area contributed by atoms with E-state index in [1.165, 1.54) is 31.2 Å². The lowest BCUT2D eigenvalue weighted by Crippen LogP contribution is -2.64. The quantitative estimate of drug-likeness (QED) is 0.246. The van der Waals surface area contributed by atoms with Crippen molar-refractivity contribution in [1.82, 2.24) is 19.9 Å². The molecule has 3 saturated heterocycles. The maximum Gasteiger partial charge on any atom is 0.319 e. The maximum atomic E-state index is 17.0. The van der Waals surface area contributed by atoms with Crippen LogP contribution in [0.5, 0.6) is 11.8 Å². The number of hydrogen-bond acceptors (Lipinski definition) is 10. The van der Waals surface area contributed by atoms with E-state index in [4.69, 9.17) is 24.2 Å². The predicted octanol–water partition coefficient (Wildman–Crippen LogP) is 5.78. The number of aliphatic hydroxyl groups is 1. The van der Waals surface area contributed by atoms with Crippen LogP contribution in [0.15, 0.2) is 30.5 Å². The number of aromatic hydroxyl groups is 1. The van der Waals surface area contributed by atoms with Gasteiger partial charge in [0.25, 0.3) is 0 Å². The number of aromatic nitrogens is 3. The van der Waals surface area contributed by atoms with Gasteiger partial charge < -0.3 is 29.3 Å². The van der Waals surface area contributed by atoms with E-state index in [2.05, 4.69) is 9.88 Å². The number of phenolic OH excluding ortho intramolecular Hbond substituents is 1. The molecule has 270 valence electrons. The molecular formula is C39H45F2N5O5. The Labute approximate surface area is 295 Å². The first-order valence-corrected chi connectivity index (χ1v) is 18.5. The number of β-amino-alcohol motifs (C(OH)–C–C–N with tert-alkyl or cyclic N) is 1. The van der Waals surface area contributed by atoms with Crippen molar-refractivity contribution in [3.05, 3.63) is 47.7 Å². The first-order chi connectivity index (χ1) is 24.8. The number of anilines is 1. The fourth-order valence-electron chi connectivity index (χ4n) is 9.92. The zero-order valence-electron chi connectivity index (χ0n) is 29.0. The molecule has 2 aromatic carbocycles. The van der Waals surface area contributed by atoms with E-state index in [9.17, 15) is 10.2 Å². The standard InChI is InChI=1S/C39H45F2N5O5/c1-2-27-30(40)7-6-23-13-25(47)14-28(32(23)27)34-33(41)35-29(17-42-34)36(45-11-12-49-19-26(48)18-45)44-37(43-35)51-22-39-8-3-5-31(39)46(10-4-9-39)24-15-38(16-24)20-50-21-38/h6-7,13-14,17,24,26,31,47-48H,2-5,8-12,15-16,18-22H2,1H3. The van der Waals surface area contributed by atoms with Gasteiger partial charge in [0.15, 0.2) is 5.82 Å². The second-order valence-corrected chi connectivity index (χ2v) is 15.6. The highest BCUT2D eigenvalue weighted by atomic mass is 19.1. The normalized spacial score (nSPS) is 26.6. The number of ether oxygens (including phenoxy) is 3. The number of likely N-dealkylation sites (tertiary alicyclic amines) is 1. The number of phenols is 1. The average Bonchev–Trinajstić information content (AvgIpc) is 3.40. The number of fused-ring (bicyclic) bond motifs is 3. The van der Waals surface area contributed by atoms with E-state index in [-0.39, 0.29) is 47.1 Å². The molecule has 3 atom stereocenters. The van der Waals surface area contributed by atoms with Gasteiger partial charge in [0.2, 0.25) is 0 Å². The predicted molar refractivity (Wildman–Crippen MR) is 188 cm³/mol. The smallest absolute Gasteiger partial charge is 0.319 e. The molecule has 2 aliphatic carbocycles. The lowest BCUT2D eigenvalue weighted by molar-refractivity contribution is -0.196. The number of pyridine rings is 1. The molecule has 2 aromatic heterocycles. The second kappa shape index (κ2) is 12.8. The second-order valence-electron chi connectivity index (χ2n) is 15.6. The van der Waals surface area contributed by atoms with Crippen molar-refractivity contribution in [3.8, 4) is 23.0 Å². The van der Waals surface area contributed by atoms with Crippen molar-refractivity contribution < 1.29 is 33.2 Å². The summed E-state index contributed by atoms with van der Waals surface area (Å²) in [5.74, 6) is -0.791. The van der Waals surface area contributed by atoms with Crippen LogP contribution in [0, 0.1) is 22.5 Å². The largest absolute Gasteiger partial charge is 0.508 e. The summed E-state index contributed by atoms with van der Waals surface area (Å²) in [5.41, 5.74) is 1.02. The van der Waals surface area contributed by atoms with Gasteiger partial charge in [-0.2, -0.15) is 9.97 Å². The molecule has 10 nitrogen and oxygen atoms in total. The Kier molecular flexibility index (Phi) is 8.29. The Morgan fingerprint density at radius 3 is 2.71 bits per heavy atom. The third-order valence-electron chi connectivity index (χ3n) is 12.4. The summed E-state index contributed by atoms with van der Waals surface area (Å²) in [4.78, 5) is 18.7. The highest BCUT2D eigenvalue weighted by Crippen LogP contribution is 2.55. The van der Waals surface area contributed by atoms with E-state index in [1.807, 2.05) is 11.8 Å². The molecule has 51 heavy (non-hydrogen) atoms. The van der Waals surface area contributed by atoms with Gasteiger partial charge in [0.1, 0.15) is 28.6 Å². The SMILES string of the molecule is CCc1c(F)ccc2cc(O)cc(-c3ncc4c(N5CCOCC(O)C5)nc(OCC56CCCC5N(C5CC7(COC7)C5)CCC6)nc4c3F)c12. The molecule has 5 aliphatic rings. The lowest BCUT2D eigenvalue weighted by atomic mass is 9.62. The topological polar surface area (TPSA) is 113 Å². The molecule has 5 fully saturated rings. The van der Waals surface area contributed by atoms with E-state index in [0.717, 1.165) is 51.9 Å². The van der Waals surface area contributed by atoms with E-state index in [1.54, 1.807) is 12.1 Å². The van der Waals surface area contributed by atoms with Gasteiger partial charge in [-0.3, -0.25) is 9.88 Å². The van der Waals surface area contributed by atoms with Crippen LogP contribution in [0.25, 0.3) is 32.9 Å². The Morgan fingerprint density at radius 2 is 1.90 bits per heavy atom. The van der Waals surface area contributed by atoms with Crippen LogP contribution in [0.4, 0.5) is 14.6 Å². The average molecular weight is 702 g/mol. The third kappa shape index (κ3) is 5.60. The summed E-state index contributed by atoms with van der Waals surface area (Å²) < 4.78 is 49.8. The maximum absolute atomic E-state index is 17.0. The van der Waals surface area contributed by atoms with Gasteiger partial charge >= 0.3 is 6.01 Å². The summed E-state index contributed by atoms with van der Waals surface area (Å²) in [7, 11) is 0.